The highest BCUT2D eigenvalue weighted by Gasteiger charge is 1.99. The van der Waals surface area contributed by atoms with Gasteiger partial charge in [-0.05, 0) is 35.4 Å². The average Bonchev–Trinajstić information content (AvgIpc) is 2.18. The van der Waals surface area contributed by atoms with Crippen LogP contribution in [0.25, 0.3) is 16.8 Å². The second-order valence-corrected chi connectivity index (χ2v) is 3.26. The van der Waals surface area contributed by atoms with Crippen molar-refractivity contribution in [3.63, 3.8) is 0 Å². The number of phenols is 1. The molecule has 0 unspecified atom stereocenters. The topological polar surface area (TPSA) is 20.2 Å². The van der Waals surface area contributed by atoms with E-state index in [0.29, 0.717) is 5.75 Å². The van der Waals surface area contributed by atoms with Gasteiger partial charge in [-0.25, -0.2) is 0 Å². The predicted octanol–water partition coefficient (Wildman–Crippen LogP) is 3.58. The molecule has 2 aromatic carbocycles. The molecule has 2 rings (SSSR count). The number of aromatic hydroxyl groups is 1. The van der Waals surface area contributed by atoms with E-state index in [2.05, 4.69) is 6.07 Å². The molecule has 0 saturated heterocycles. The van der Waals surface area contributed by atoms with Crippen molar-refractivity contribution >= 4 is 16.8 Å². The normalized spacial score (nSPS) is 11.2. The first-order valence-corrected chi connectivity index (χ1v) is 4.66. The van der Waals surface area contributed by atoms with E-state index in [9.17, 15) is 5.11 Å². The molecule has 0 aliphatic rings. The van der Waals surface area contributed by atoms with Crippen LogP contribution in [0.3, 0.4) is 0 Å². The smallest absolute Gasteiger partial charge is 0.116 e. The lowest BCUT2D eigenvalue weighted by atomic mass is 10.0. The van der Waals surface area contributed by atoms with E-state index in [1.165, 1.54) is 5.39 Å². The molecule has 0 fully saturated rings. The number of allylic oxidation sites excluding steroid dienone is 1. The van der Waals surface area contributed by atoms with Crippen molar-refractivity contribution in [3.05, 3.63) is 48.0 Å². The Hall–Kier alpha value is -1.76. The summed E-state index contributed by atoms with van der Waals surface area (Å²) in [6.07, 6.45) is 3.98. The lowest BCUT2D eigenvalue weighted by Gasteiger charge is -2.03. The Bertz CT molecular complexity index is 484. The van der Waals surface area contributed by atoms with Gasteiger partial charge >= 0.3 is 0 Å². The number of rotatable bonds is 1. The summed E-state index contributed by atoms with van der Waals surface area (Å²) >= 11 is 0. The maximum Gasteiger partial charge on any atom is 0.116 e. The minimum absolute atomic E-state index is 0.316. The van der Waals surface area contributed by atoms with Crippen LogP contribution in [0.5, 0.6) is 5.75 Å². The Kier molecular flexibility index (Phi) is 2.23. The van der Waals surface area contributed by atoms with Crippen molar-refractivity contribution in [1.29, 1.82) is 0 Å². The van der Waals surface area contributed by atoms with Crippen LogP contribution in [0.2, 0.25) is 0 Å². The molecule has 0 saturated carbocycles. The lowest BCUT2D eigenvalue weighted by molar-refractivity contribution is 0.476. The summed E-state index contributed by atoms with van der Waals surface area (Å²) in [4.78, 5) is 0. The Morgan fingerprint density at radius 2 is 1.93 bits per heavy atom. The highest BCUT2D eigenvalue weighted by Crippen LogP contribution is 2.25. The van der Waals surface area contributed by atoms with E-state index in [-0.39, 0.29) is 0 Å². The van der Waals surface area contributed by atoms with Crippen molar-refractivity contribution in [2.75, 3.05) is 0 Å². The van der Waals surface area contributed by atoms with Crippen LogP contribution in [-0.4, -0.2) is 5.11 Å². The van der Waals surface area contributed by atoms with E-state index < -0.39 is 0 Å². The number of phenolic OH excluding ortho intramolecular Hbond substituents is 1. The van der Waals surface area contributed by atoms with E-state index in [1.54, 1.807) is 12.1 Å². The van der Waals surface area contributed by atoms with Crippen molar-refractivity contribution in [2.24, 2.45) is 0 Å². The largest absolute Gasteiger partial charge is 0.508 e. The molecule has 70 valence electrons. The van der Waals surface area contributed by atoms with Crippen molar-refractivity contribution in [1.82, 2.24) is 0 Å². The van der Waals surface area contributed by atoms with Gasteiger partial charge in [-0.3, -0.25) is 0 Å². The fourth-order valence-electron chi connectivity index (χ4n) is 1.64. The van der Waals surface area contributed by atoms with E-state index in [4.69, 9.17) is 0 Å². The standard InChI is InChI=1S/C13H12O/c1-2-5-10-8-12(14)9-11-6-3-4-7-13(10)11/h2-9,14H,1H3. The summed E-state index contributed by atoms with van der Waals surface area (Å²) in [5, 5.41) is 11.7. The van der Waals surface area contributed by atoms with Gasteiger partial charge in [0, 0.05) is 0 Å². The lowest BCUT2D eigenvalue weighted by Crippen LogP contribution is -1.78. The number of hydrogen-bond donors (Lipinski definition) is 1. The number of benzene rings is 2. The van der Waals surface area contributed by atoms with E-state index in [0.717, 1.165) is 10.9 Å². The first-order chi connectivity index (χ1) is 6.81. The Morgan fingerprint density at radius 3 is 2.71 bits per heavy atom. The second kappa shape index (κ2) is 3.54. The predicted molar refractivity (Wildman–Crippen MR) is 60.3 cm³/mol. The Morgan fingerprint density at radius 1 is 1.14 bits per heavy atom. The summed E-state index contributed by atoms with van der Waals surface area (Å²) in [6.45, 7) is 1.97. The third-order valence-electron chi connectivity index (χ3n) is 2.22. The molecule has 1 N–H and O–H groups in total. The van der Waals surface area contributed by atoms with Crippen LogP contribution in [0.4, 0.5) is 0 Å². The van der Waals surface area contributed by atoms with Gasteiger partial charge in [0.1, 0.15) is 5.75 Å². The highest BCUT2D eigenvalue weighted by atomic mass is 16.3. The molecule has 14 heavy (non-hydrogen) atoms. The monoisotopic (exact) mass is 184 g/mol. The van der Waals surface area contributed by atoms with Crippen LogP contribution >= 0.6 is 0 Å². The quantitative estimate of drug-likeness (QED) is 0.718. The molecule has 0 aliphatic carbocycles. The molecule has 0 heterocycles. The molecule has 0 amide bonds. The van der Waals surface area contributed by atoms with E-state index >= 15 is 0 Å². The third-order valence-corrected chi connectivity index (χ3v) is 2.22. The SMILES string of the molecule is CC=Cc1cc(O)cc2ccccc12. The molecule has 0 atom stereocenters. The maximum atomic E-state index is 9.50. The second-order valence-electron chi connectivity index (χ2n) is 3.26. The summed E-state index contributed by atoms with van der Waals surface area (Å²) < 4.78 is 0. The minimum atomic E-state index is 0.316. The van der Waals surface area contributed by atoms with Crippen molar-refractivity contribution in [3.8, 4) is 5.75 Å². The number of hydrogen-bond acceptors (Lipinski definition) is 1. The summed E-state index contributed by atoms with van der Waals surface area (Å²) in [7, 11) is 0. The van der Waals surface area contributed by atoms with Crippen LogP contribution < -0.4 is 0 Å². The zero-order valence-electron chi connectivity index (χ0n) is 8.07. The maximum absolute atomic E-state index is 9.50. The third kappa shape index (κ3) is 1.49. The zero-order chi connectivity index (χ0) is 9.97. The zero-order valence-corrected chi connectivity index (χ0v) is 8.07. The van der Waals surface area contributed by atoms with Gasteiger partial charge in [-0.15, -0.1) is 0 Å². The van der Waals surface area contributed by atoms with Crippen LogP contribution in [0.1, 0.15) is 12.5 Å². The minimum Gasteiger partial charge on any atom is -0.508 e. The first-order valence-electron chi connectivity index (χ1n) is 4.66. The number of fused-ring (bicyclic) bond motifs is 1. The molecule has 1 nitrogen and oxygen atoms in total. The van der Waals surface area contributed by atoms with Gasteiger partial charge < -0.3 is 5.11 Å². The summed E-state index contributed by atoms with van der Waals surface area (Å²) in [5.41, 5.74) is 1.06. The molecule has 0 aromatic heterocycles. The van der Waals surface area contributed by atoms with Crippen LogP contribution in [0, 0.1) is 0 Å². The summed E-state index contributed by atoms with van der Waals surface area (Å²) in [6, 6.07) is 11.6. The molecular weight excluding hydrogens is 172 g/mol. The van der Waals surface area contributed by atoms with Crippen LogP contribution in [0.15, 0.2) is 42.5 Å². The molecule has 0 radical (unpaired) electrons. The molecular formula is C13H12O. The highest BCUT2D eigenvalue weighted by molar-refractivity contribution is 5.91. The average molecular weight is 184 g/mol. The summed E-state index contributed by atoms with van der Waals surface area (Å²) in [5.74, 6) is 0.316. The van der Waals surface area contributed by atoms with Gasteiger partial charge in [0.15, 0.2) is 0 Å². The van der Waals surface area contributed by atoms with Gasteiger partial charge in [0.2, 0.25) is 0 Å². The molecule has 0 spiro atoms. The first kappa shape index (κ1) is 8.82. The molecule has 1 heteroatoms. The fraction of sp³-hybridized carbons (Fsp3) is 0.0769. The molecule has 2 aromatic rings. The molecule has 0 aliphatic heterocycles. The van der Waals surface area contributed by atoms with E-state index in [1.807, 2.05) is 37.3 Å². The van der Waals surface area contributed by atoms with Gasteiger partial charge in [-0.2, -0.15) is 0 Å². The Labute approximate surface area is 83.3 Å². The van der Waals surface area contributed by atoms with Crippen LogP contribution in [-0.2, 0) is 0 Å². The van der Waals surface area contributed by atoms with Crippen molar-refractivity contribution < 1.29 is 5.11 Å². The van der Waals surface area contributed by atoms with Crippen molar-refractivity contribution in [2.45, 2.75) is 6.92 Å². The van der Waals surface area contributed by atoms with Gasteiger partial charge in [-0.1, -0.05) is 36.4 Å². The van der Waals surface area contributed by atoms with Gasteiger partial charge in [0.25, 0.3) is 0 Å². The Balaban J connectivity index is 2.79. The van der Waals surface area contributed by atoms with Gasteiger partial charge in [0.05, 0.1) is 0 Å². The molecule has 0 bridgehead atoms. The fourth-order valence-corrected chi connectivity index (χ4v) is 1.64.